The number of imide groups is 1. The maximum Gasteiger partial charge on any atom is 0.331 e. The molecule has 0 heterocycles. The fraction of sp³-hybridized carbons (Fsp3) is 0.450. The van der Waals surface area contributed by atoms with E-state index in [1.54, 1.807) is 18.2 Å². The van der Waals surface area contributed by atoms with Crippen molar-refractivity contribution < 1.29 is 28.6 Å². The summed E-state index contributed by atoms with van der Waals surface area (Å²) in [7, 11) is 1.53. The lowest BCUT2D eigenvalue weighted by Gasteiger charge is -2.12. The predicted molar refractivity (Wildman–Crippen MR) is 103 cm³/mol. The number of benzene rings is 1. The molecule has 0 aromatic heterocycles. The van der Waals surface area contributed by atoms with Crippen molar-refractivity contribution in [1.82, 2.24) is 10.6 Å². The van der Waals surface area contributed by atoms with Crippen molar-refractivity contribution in [2.24, 2.45) is 0 Å². The first-order valence-electron chi connectivity index (χ1n) is 9.27. The smallest absolute Gasteiger partial charge is 0.331 e. The second-order valence-corrected chi connectivity index (χ2v) is 6.29. The summed E-state index contributed by atoms with van der Waals surface area (Å²) in [5.74, 6) is -0.221. The van der Waals surface area contributed by atoms with Crippen molar-refractivity contribution in [3.05, 3.63) is 29.8 Å². The Kier molecular flexibility index (Phi) is 8.33. The van der Waals surface area contributed by atoms with Crippen LogP contribution in [0.25, 0.3) is 6.08 Å². The van der Waals surface area contributed by atoms with E-state index in [9.17, 15) is 14.4 Å². The summed E-state index contributed by atoms with van der Waals surface area (Å²) in [5, 5.41) is 4.87. The summed E-state index contributed by atoms with van der Waals surface area (Å²) >= 11 is 0. The zero-order chi connectivity index (χ0) is 20.4. The Hall–Kier alpha value is -3.03. The third kappa shape index (κ3) is 6.94. The van der Waals surface area contributed by atoms with Crippen LogP contribution in [-0.2, 0) is 14.3 Å². The third-order valence-corrected chi connectivity index (χ3v) is 4.19. The van der Waals surface area contributed by atoms with Gasteiger partial charge in [0.1, 0.15) is 0 Å². The number of urea groups is 1. The van der Waals surface area contributed by atoms with Gasteiger partial charge in [0.25, 0.3) is 5.91 Å². The summed E-state index contributed by atoms with van der Waals surface area (Å²) in [6, 6.07) is 4.75. The molecular formula is C20H26N2O6. The molecule has 0 radical (unpaired) electrons. The molecule has 1 fully saturated rings. The first-order chi connectivity index (χ1) is 13.5. The first-order valence-corrected chi connectivity index (χ1v) is 9.27. The number of ether oxygens (including phenoxy) is 3. The Bertz CT molecular complexity index is 725. The molecule has 1 aromatic carbocycles. The van der Waals surface area contributed by atoms with Crippen molar-refractivity contribution in [1.29, 1.82) is 0 Å². The standard InChI is InChI=1S/C20H26N2O6/c1-3-27-16-10-8-14(12-17(16)26-2)9-11-19(24)28-13-18(23)22-20(25)21-15-6-4-5-7-15/h8-12,15H,3-7,13H2,1-2H3,(H2,21,22,23,25)/b11-9+. The Morgan fingerprint density at radius 3 is 2.61 bits per heavy atom. The molecule has 3 amide bonds. The first kappa shape index (κ1) is 21.3. The molecule has 8 heteroatoms. The Labute approximate surface area is 164 Å². The van der Waals surface area contributed by atoms with Gasteiger partial charge in [-0.1, -0.05) is 18.9 Å². The minimum absolute atomic E-state index is 0.101. The number of hydrogen-bond acceptors (Lipinski definition) is 6. The molecule has 0 spiro atoms. The molecule has 0 unspecified atom stereocenters. The maximum atomic E-state index is 11.8. The van der Waals surface area contributed by atoms with E-state index in [1.807, 2.05) is 6.92 Å². The molecule has 8 nitrogen and oxygen atoms in total. The van der Waals surface area contributed by atoms with Gasteiger partial charge in [-0.3, -0.25) is 10.1 Å². The Balaban J connectivity index is 1.76. The SMILES string of the molecule is CCOc1ccc(/C=C/C(=O)OCC(=O)NC(=O)NC2CCCC2)cc1OC. The second kappa shape index (κ2) is 11.0. The number of amides is 3. The van der Waals surface area contributed by atoms with Crippen LogP contribution >= 0.6 is 0 Å². The quantitative estimate of drug-likeness (QED) is 0.522. The minimum Gasteiger partial charge on any atom is -0.493 e. The number of nitrogens with one attached hydrogen (secondary N) is 2. The topological polar surface area (TPSA) is 103 Å². The van der Waals surface area contributed by atoms with E-state index in [0.717, 1.165) is 25.7 Å². The third-order valence-electron chi connectivity index (χ3n) is 4.19. The molecule has 2 N–H and O–H groups in total. The summed E-state index contributed by atoms with van der Waals surface area (Å²) < 4.78 is 15.5. The molecule has 2 rings (SSSR count). The van der Waals surface area contributed by atoms with E-state index < -0.39 is 24.5 Å². The molecule has 0 saturated heterocycles. The lowest BCUT2D eigenvalue weighted by atomic mass is 10.2. The maximum absolute atomic E-state index is 11.8. The van der Waals surface area contributed by atoms with Gasteiger partial charge >= 0.3 is 12.0 Å². The second-order valence-electron chi connectivity index (χ2n) is 6.29. The normalized spacial score (nSPS) is 13.9. The molecule has 1 aromatic rings. The van der Waals surface area contributed by atoms with Gasteiger partial charge in [0.05, 0.1) is 13.7 Å². The molecule has 1 aliphatic rings. The predicted octanol–water partition coefficient (Wildman–Crippen LogP) is 2.42. The van der Waals surface area contributed by atoms with Crippen molar-refractivity contribution in [2.45, 2.75) is 38.6 Å². The molecule has 1 aliphatic carbocycles. The lowest BCUT2D eigenvalue weighted by Crippen LogP contribution is -2.44. The highest BCUT2D eigenvalue weighted by molar-refractivity contribution is 5.96. The van der Waals surface area contributed by atoms with Crippen LogP contribution in [0.2, 0.25) is 0 Å². The summed E-state index contributed by atoms with van der Waals surface area (Å²) in [6.45, 7) is 1.85. The van der Waals surface area contributed by atoms with Gasteiger partial charge in [-0.05, 0) is 43.5 Å². The lowest BCUT2D eigenvalue weighted by molar-refractivity contribution is -0.143. The Morgan fingerprint density at radius 2 is 1.93 bits per heavy atom. The molecule has 1 saturated carbocycles. The highest BCUT2D eigenvalue weighted by Gasteiger charge is 2.18. The van der Waals surface area contributed by atoms with Gasteiger partial charge in [-0.25, -0.2) is 9.59 Å². The van der Waals surface area contributed by atoms with E-state index in [4.69, 9.17) is 14.2 Å². The molecule has 0 aliphatic heterocycles. The Morgan fingerprint density at radius 1 is 1.18 bits per heavy atom. The average Bonchev–Trinajstić information content (AvgIpc) is 3.18. The van der Waals surface area contributed by atoms with Crippen LogP contribution in [0, 0.1) is 0 Å². The van der Waals surface area contributed by atoms with Crippen molar-refractivity contribution in [2.75, 3.05) is 20.3 Å². The highest BCUT2D eigenvalue weighted by atomic mass is 16.5. The van der Waals surface area contributed by atoms with Crippen LogP contribution in [0.4, 0.5) is 4.79 Å². The number of carbonyl (C=O) groups excluding carboxylic acids is 3. The van der Waals surface area contributed by atoms with Crippen LogP contribution in [0.1, 0.15) is 38.2 Å². The van der Waals surface area contributed by atoms with Gasteiger partial charge < -0.3 is 19.5 Å². The van der Waals surface area contributed by atoms with E-state index in [2.05, 4.69) is 10.6 Å². The van der Waals surface area contributed by atoms with Crippen molar-refractivity contribution in [3.8, 4) is 11.5 Å². The number of esters is 1. The number of carbonyl (C=O) groups is 3. The van der Waals surface area contributed by atoms with E-state index in [-0.39, 0.29) is 6.04 Å². The van der Waals surface area contributed by atoms with Crippen molar-refractivity contribution in [3.63, 3.8) is 0 Å². The number of methoxy groups -OCH3 is 1. The minimum atomic E-state index is -0.695. The van der Waals surface area contributed by atoms with Gasteiger partial charge in [-0.2, -0.15) is 0 Å². The molecule has 28 heavy (non-hydrogen) atoms. The molecular weight excluding hydrogens is 364 g/mol. The van der Waals surface area contributed by atoms with Gasteiger partial charge in [0, 0.05) is 12.1 Å². The largest absolute Gasteiger partial charge is 0.493 e. The zero-order valence-electron chi connectivity index (χ0n) is 16.2. The molecule has 152 valence electrons. The van der Waals surface area contributed by atoms with Gasteiger partial charge in [0.2, 0.25) is 0 Å². The van der Waals surface area contributed by atoms with Crippen LogP contribution in [-0.4, -0.2) is 44.3 Å². The van der Waals surface area contributed by atoms with Gasteiger partial charge in [-0.15, -0.1) is 0 Å². The van der Waals surface area contributed by atoms with Crippen LogP contribution in [0.15, 0.2) is 24.3 Å². The summed E-state index contributed by atoms with van der Waals surface area (Å²) in [6.07, 6.45) is 6.70. The highest BCUT2D eigenvalue weighted by Crippen LogP contribution is 2.28. The van der Waals surface area contributed by atoms with E-state index in [0.29, 0.717) is 23.7 Å². The fourth-order valence-electron chi connectivity index (χ4n) is 2.87. The van der Waals surface area contributed by atoms with E-state index >= 15 is 0 Å². The van der Waals surface area contributed by atoms with Crippen LogP contribution < -0.4 is 20.1 Å². The molecule has 0 atom stereocenters. The molecule has 0 bridgehead atoms. The van der Waals surface area contributed by atoms with Crippen molar-refractivity contribution >= 4 is 24.0 Å². The van der Waals surface area contributed by atoms with Crippen LogP contribution in [0.5, 0.6) is 11.5 Å². The van der Waals surface area contributed by atoms with Crippen LogP contribution in [0.3, 0.4) is 0 Å². The fourth-order valence-corrected chi connectivity index (χ4v) is 2.87. The van der Waals surface area contributed by atoms with E-state index in [1.165, 1.54) is 19.3 Å². The monoisotopic (exact) mass is 390 g/mol. The summed E-state index contributed by atoms with van der Waals surface area (Å²) in [5.41, 5.74) is 0.706. The van der Waals surface area contributed by atoms with Gasteiger partial charge in [0.15, 0.2) is 18.1 Å². The number of rotatable bonds is 8. The summed E-state index contributed by atoms with van der Waals surface area (Å²) in [4.78, 5) is 35.1. The zero-order valence-corrected chi connectivity index (χ0v) is 16.2. The average molecular weight is 390 g/mol. The number of hydrogen-bond donors (Lipinski definition) is 2.